The zero-order valence-electron chi connectivity index (χ0n) is 12.6. The van der Waals surface area contributed by atoms with Gasteiger partial charge in [0.25, 0.3) is 0 Å². The maximum Gasteiger partial charge on any atom is 0.231 e. The van der Waals surface area contributed by atoms with Crippen molar-refractivity contribution in [3.8, 4) is 0 Å². The van der Waals surface area contributed by atoms with Crippen LogP contribution in [-0.4, -0.2) is 54.8 Å². The van der Waals surface area contributed by atoms with Crippen LogP contribution in [0.15, 0.2) is 0 Å². The zero-order chi connectivity index (χ0) is 14.5. The number of hydrogen-bond acceptors (Lipinski definition) is 7. The molecule has 0 spiro atoms. The molecule has 2 aliphatic rings. The quantitative estimate of drug-likeness (QED) is 0.700. The highest BCUT2D eigenvalue weighted by atomic mass is 16.5. The summed E-state index contributed by atoms with van der Waals surface area (Å²) < 4.78 is 5.61. The lowest BCUT2D eigenvalue weighted by atomic mass is 10.4. The Bertz CT molecular complexity index is 459. The van der Waals surface area contributed by atoms with E-state index in [2.05, 4.69) is 30.5 Å². The predicted molar refractivity (Wildman–Crippen MR) is 82.9 cm³/mol. The molecule has 0 atom stereocenters. The Labute approximate surface area is 125 Å². The lowest BCUT2D eigenvalue weighted by Gasteiger charge is -2.16. The van der Waals surface area contributed by atoms with Crippen LogP contribution in [-0.2, 0) is 4.74 Å². The topological polar surface area (TPSA) is 75.2 Å². The van der Waals surface area contributed by atoms with Gasteiger partial charge in [0.1, 0.15) is 0 Å². The van der Waals surface area contributed by atoms with Crippen molar-refractivity contribution in [3.63, 3.8) is 0 Å². The first kappa shape index (κ1) is 14.3. The Balaban J connectivity index is 1.53. The molecule has 1 aliphatic heterocycles. The number of aromatic nitrogens is 3. The molecule has 1 saturated heterocycles. The Kier molecular flexibility index (Phi) is 4.69. The minimum absolute atomic E-state index is 0.605. The van der Waals surface area contributed by atoms with Gasteiger partial charge in [-0.2, -0.15) is 15.0 Å². The van der Waals surface area contributed by atoms with Crippen LogP contribution in [0.4, 0.5) is 17.8 Å². The molecule has 1 aromatic heterocycles. The van der Waals surface area contributed by atoms with E-state index in [1.165, 1.54) is 25.7 Å². The van der Waals surface area contributed by atoms with Crippen LogP contribution in [0.2, 0.25) is 0 Å². The molecule has 0 radical (unpaired) electrons. The summed E-state index contributed by atoms with van der Waals surface area (Å²) in [6, 6.07) is 0. The molecule has 2 N–H and O–H groups in total. The fourth-order valence-electron chi connectivity index (χ4n) is 2.38. The Morgan fingerprint density at radius 2 is 1.90 bits per heavy atom. The second-order valence-corrected chi connectivity index (χ2v) is 5.67. The standard InChI is InChI=1S/C14H24N6O/c1-15-12-17-13(16-6-9-21-10-11-4-5-11)19-14(18-12)20-7-2-3-8-20/h11H,2-10H2,1H3,(H2,15,16,17,18,19). The van der Waals surface area contributed by atoms with Crippen molar-refractivity contribution >= 4 is 17.8 Å². The van der Waals surface area contributed by atoms with E-state index in [1.807, 2.05) is 7.05 Å². The summed E-state index contributed by atoms with van der Waals surface area (Å²) in [7, 11) is 1.83. The summed E-state index contributed by atoms with van der Waals surface area (Å²) in [5.74, 6) is 2.78. The summed E-state index contributed by atoms with van der Waals surface area (Å²) in [5.41, 5.74) is 0. The molecule has 0 bridgehead atoms. The van der Waals surface area contributed by atoms with Gasteiger partial charge in [-0.05, 0) is 31.6 Å². The Hall–Kier alpha value is -1.63. The van der Waals surface area contributed by atoms with Crippen LogP contribution in [0.25, 0.3) is 0 Å². The maximum absolute atomic E-state index is 5.61. The largest absolute Gasteiger partial charge is 0.379 e. The van der Waals surface area contributed by atoms with Crippen LogP contribution >= 0.6 is 0 Å². The van der Waals surface area contributed by atoms with Crippen LogP contribution < -0.4 is 15.5 Å². The number of rotatable bonds is 8. The first-order valence-corrected chi connectivity index (χ1v) is 7.85. The highest BCUT2D eigenvalue weighted by Gasteiger charge is 2.21. The van der Waals surface area contributed by atoms with Crippen LogP contribution in [0.3, 0.4) is 0 Å². The predicted octanol–water partition coefficient (Wildman–Crippen LogP) is 1.35. The monoisotopic (exact) mass is 292 g/mol. The van der Waals surface area contributed by atoms with Crippen molar-refractivity contribution in [2.75, 3.05) is 55.4 Å². The molecule has 116 valence electrons. The van der Waals surface area contributed by atoms with E-state index in [4.69, 9.17) is 4.74 Å². The van der Waals surface area contributed by atoms with Crippen molar-refractivity contribution < 1.29 is 4.74 Å². The van der Waals surface area contributed by atoms with Crippen molar-refractivity contribution in [1.82, 2.24) is 15.0 Å². The molecule has 2 heterocycles. The lowest BCUT2D eigenvalue weighted by molar-refractivity contribution is 0.133. The molecular formula is C14H24N6O. The molecule has 1 aromatic rings. The van der Waals surface area contributed by atoms with Crippen molar-refractivity contribution in [2.24, 2.45) is 5.92 Å². The van der Waals surface area contributed by atoms with Crippen molar-refractivity contribution in [2.45, 2.75) is 25.7 Å². The molecule has 2 fully saturated rings. The van der Waals surface area contributed by atoms with E-state index in [0.29, 0.717) is 18.5 Å². The van der Waals surface area contributed by atoms with E-state index in [0.717, 1.165) is 38.1 Å². The highest BCUT2D eigenvalue weighted by Crippen LogP contribution is 2.28. The molecule has 7 nitrogen and oxygen atoms in total. The van der Waals surface area contributed by atoms with E-state index in [1.54, 1.807) is 0 Å². The highest BCUT2D eigenvalue weighted by molar-refractivity contribution is 5.44. The van der Waals surface area contributed by atoms with Crippen LogP contribution in [0.5, 0.6) is 0 Å². The van der Waals surface area contributed by atoms with Crippen LogP contribution in [0.1, 0.15) is 25.7 Å². The average Bonchev–Trinajstić information content (AvgIpc) is 3.17. The summed E-state index contributed by atoms with van der Waals surface area (Å²) in [6.45, 7) is 4.35. The van der Waals surface area contributed by atoms with E-state index in [9.17, 15) is 0 Å². The molecule has 0 unspecified atom stereocenters. The van der Waals surface area contributed by atoms with Gasteiger partial charge in [-0.15, -0.1) is 0 Å². The number of nitrogens with zero attached hydrogens (tertiary/aromatic N) is 4. The van der Waals surface area contributed by atoms with Crippen molar-refractivity contribution in [3.05, 3.63) is 0 Å². The smallest absolute Gasteiger partial charge is 0.231 e. The number of hydrogen-bond donors (Lipinski definition) is 2. The van der Waals surface area contributed by atoms with E-state index >= 15 is 0 Å². The molecule has 1 saturated carbocycles. The molecule has 3 rings (SSSR count). The van der Waals surface area contributed by atoms with Gasteiger partial charge < -0.3 is 20.3 Å². The Morgan fingerprint density at radius 3 is 2.62 bits per heavy atom. The third kappa shape index (κ3) is 4.17. The minimum Gasteiger partial charge on any atom is -0.379 e. The minimum atomic E-state index is 0.605. The van der Waals surface area contributed by atoms with Gasteiger partial charge in [-0.1, -0.05) is 0 Å². The summed E-state index contributed by atoms with van der Waals surface area (Å²) >= 11 is 0. The molecule has 0 aromatic carbocycles. The fraction of sp³-hybridized carbons (Fsp3) is 0.786. The number of anilines is 3. The fourth-order valence-corrected chi connectivity index (χ4v) is 2.38. The van der Waals surface area contributed by atoms with Crippen LogP contribution in [0, 0.1) is 5.92 Å². The first-order chi connectivity index (χ1) is 10.3. The maximum atomic E-state index is 5.61. The van der Waals surface area contributed by atoms with Gasteiger partial charge in [0.2, 0.25) is 17.8 Å². The van der Waals surface area contributed by atoms with Gasteiger partial charge in [0.05, 0.1) is 6.61 Å². The average molecular weight is 292 g/mol. The van der Waals surface area contributed by atoms with Gasteiger partial charge in [-0.25, -0.2) is 0 Å². The number of ether oxygens (including phenoxy) is 1. The molecule has 21 heavy (non-hydrogen) atoms. The van der Waals surface area contributed by atoms with Crippen molar-refractivity contribution in [1.29, 1.82) is 0 Å². The lowest BCUT2D eigenvalue weighted by Crippen LogP contribution is -2.22. The van der Waals surface area contributed by atoms with Gasteiger partial charge in [-0.3, -0.25) is 0 Å². The molecule has 1 aliphatic carbocycles. The third-order valence-corrected chi connectivity index (χ3v) is 3.82. The van der Waals surface area contributed by atoms with E-state index in [-0.39, 0.29) is 0 Å². The zero-order valence-corrected chi connectivity index (χ0v) is 12.6. The second kappa shape index (κ2) is 6.89. The first-order valence-electron chi connectivity index (χ1n) is 7.85. The SMILES string of the molecule is CNc1nc(NCCOCC2CC2)nc(N2CCCC2)n1. The summed E-state index contributed by atoms with van der Waals surface area (Å²) in [6.07, 6.45) is 5.06. The van der Waals surface area contributed by atoms with Gasteiger partial charge in [0.15, 0.2) is 0 Å². The third-order valence-electron chi connectivity index (χ3n) is 3.82. The normalized spacial score (nSPS) is 18.0. The van der Waals surface area contributed by atoms with E-state index < -0.39 is 0 Å². The van der Waals surface area contributed by atoms with Gasteiger partial charge >= 0.3 is 0 Å². The molecule has 0 amide bonds. The number of nitrogens with one attached hydrogen (secondary N) is 2. The summed E-state index contributed by atoms with van der Waals surface area (Å²) in [5, 5.41) is 6.22. The molecular weight excluding hydrogens is 268 g/mol. The second-order valence-electron chi connectivity index (χ2n) is 5.67. The van der Waals surface area contributed by atoms with Gasteiger partial charge in [0, 0.05) is 33.3 Å². The summed E-state index contributed by atoms with van der Waals surface area (Å²) in [4.78, 5) is 15.5. The Morgan fingerprint density at radius 1 is 1.14 bits per heavy atom. The molecule has 7 heteroatoms.